The van der Waals surface area contributed by atoms with Crippen LogP contribution in [0.4, 0.5) is 0 Å². The molecule has 1 aromatic rings. The summed E-state index contributed by atoms with van der Waals surface area (Å²) < 4.78 is 1.36. The third-order valence-corrected chi connectivity index (χ3v) is 7.68. The first kappa shape index (κ1) is 35.0. The van der Waals surface area contributed by atoms with Crippen molar-refractivity contribution in [1.82, 2.24) is 0 Å². The van der Waals surface area contributed by atoms with E-state index >= 15 is 0 Å². The molecule has 1 N–H and O–H groups in total. The normalized spacial score (nSPS) is 11.2. The van der Waals surface area contributed by atoms with E-state index in [4.69, 9.17) is 5.11 Å². The predicted octanol–water partition coefficient (Wildman–Crippen LogP) is 10.2. The molecule has 0 aliphatic rings. The SMILES string of the molecule is CCCCCCCC[N+](C)(CCCCCCCC)CCCCCCCC.O=C(O)c1ccccc1S. The molecule has 36 heavy (non-hydrogen) atoms. The first-order chi connectivity index (χ1) is 17.4. The van der Waals surface area contributed by atoms with E-state index in [-0.39, 0.29) is 5.56 Å². The smallest absolute Gasteiger partial charge is 0.336 e. The first-order valence-electron chi connectivity index (χ1n) is 15.2. The lowest BCUT2D eigenvalue weighted by Gasteiger charge is -2.35. The predicted molar refractivity (Wildman–Crippen MR) is 162 cm³/mol. The number of quaternary nitrogens is 1. The van der Waals surface area contributed by atoms with E-state index in [1.807, 2.05) is 0 Å². The third-order valence-electron chi connectivity index (χ3n) is 7.29. The van der Waals surface area contributed by atoms with Crippen LogP contribution in [-0.4, -0.2) is 42.2 Å². The Morgan fingerprint density at radius 2 is 0.972 bits per heavy atom. The van der Waals surface area contributed by atoms with Gasteiger partial charge in [-0.25, -0.2) is 4.79 Å². The van der Waals surface area contributed by atoms with E-state index in [0.717, 1.165) is 0 Å². The Kier molecular flexibility index (Phi) is 23.7. The molecule has 0 spiro atoms. The van der Waals surface area contributed by atoms with Crippen molar-refractivity contribution in [3.05, 3.63) is 29.8 Å². The van der Waals surface area contributed by atoms with Crippen molar-refractivity contribution in [2.24, 2.45) is 0 Å². The average Bonchev–Trinajstić information content (AvgIpc) is 2.86. The number of aromatic carboxylic acids is 1. The Labute approximate surface area is 230 Å². The fourth-order valence-corrected chi connectivity index (χ4v) is 5.07. The number of rotatable bonds is 22. The van der Waals surface area contributed by atoms with Gasteiger partial charge in [0.1, 0.15) is 0 Å². The molecule has 0 aliphatic carbocycles. The number of hydrogen-bond acceptors (Lipinski definition) is 2. The molecule has 0 aliphatic heterocycles. The topological polar surface area (TPSA) is 37.3 Å². The minimum absolute atomic E-state index is 0.242. The second-order valence-corrected chi connectivity index (χ2v) is 11.4. The molecule has 1 aromatic carbocycles. The van der Waals surface area contributed by atoms with Crippen LogP contribution in [0.15, 0.2) is 29.2 Å². The van der Waals surface area contributed by atoms with Crippen LogP contribution >= 0.6 is 12.6 Å². The maximum Gasteiger partial charge on any atom is 0.336 e. The Morgan fingerprint density at radius 1 is 0.639 bits per heavy atom. The molecule has 4 heteroatoms. The summed E-state index contributed by atoms with van der Waals surface area (Å²) in [6.45, 7) is 11.2. The minimum Gasteiger partial charge on any atom is -0.478 e. The zero-order chi connectivity index (χ0) is 26.9. The molecule has 0 radical (unpaired) electrons. The van der Waals surface area contributed by atoms with Crippen LogP contribution in [0.5, 0.6) is 0 Å². The highest BCUT2D eigenvalue weighted by Crippen LogP contribution is 2.16. The van der Waals surface area contributed by atoms with Gasteiger partial charge in [0.2, 0.25) is 0 Å². The summed E-state index contributed by atoms with van der Waals surface area (Å²) in [5.74, 6) is -0.939. The van der Waals surface area contributed by atoms with Gasteiger partial charge in [-0.3, -0.25) is 0 Å². The lowest BCUT2D eigenvalue weighted by atomic mass is 10.1. The van der Waals surface area contributed by atoms with Gasteiger partial charge in [0.05, 0.1) is 32.2 Å². The van der Waals surface area contributed by atoms with Gasteiger partial charge in [-0.2, -0.15) is 0 Å². The van der Waals surface area contributed by atoms with Gasteiger partial charge in [-0.05, 0) is 50.7 Å². The van der Waals surface area contributed by atoms with Crippen LogP contribution in [0.1, 0.15) is 147 Å². The highest BCUT2D eigenvalue weighted by Gasteiger charge is 2.20. The summed E-state index contributed by atoms with van der Waals surface area (Å²) in [5.41, 5.74) is 0.242. The molecule has 0 heterocycles. The molecule has 0 fully saturated rings. The van der Waals surface area contributed by atoms with Gasteiger partial charge < -0.3 is 9.59 Å². The van der Waals surface area contributed by atoms with Crippen molar-refractivity contribution in [1.29, 1.82) is 0 Å². The molecule has 0 aromatic heterocycles. The molecule has 0 saturated carbocycles. The van der Waals surface area contributed by atoms with Gasteiger partial charge in [0.15, 0.2) is 0 Å². The molecule has 0 unspecified atom stereocenters. The highest BCUT2D eigenvalue weighted by molar-refractivity contribution is 7.80. The average molecular weight is 523 g/mol. The van der Waals surface area contributed by atoms with Crippen molar-refractivity contribution < 1.29 is 14.4 Å². The number of carbonyl (C=O) groups is 1. The molecule has 1 rings (SSSR count). The van der Waals surface area contributed by atoms with E-state index in [1.165, 1.54) is 146 Å². The summed E-state index contributed by atoms with van der Waals surface area (Å²) in [6.07, 6.45) is 25.9. The number of benzene rings is 1. The van der Waals surface area contributed by atoms with Crippen LogP contribution in [0.2, 0.25) is 0 Å². The Hall–Kier alpha value is -1.00. The monoisotopic (exact) mass is 522 g/mol. The van der Waals surface area contributed by atoms with Crippen LogP contribution in [0.3, 0.4) is 0 Å². The van der Waals surface area contributed by atoms with E-state index < -0.39 is 5.97 Å². The van der Waals surface area contributed by atoms with Crippen molar-refractivity contribution in [3.63, 3.8) is 0 Å². The van der Waals surface area contributed by atoms with Crippen LogP contribution in [0, 0.1) is 0 Å². The fourth-order valence-electron chi connectivity index (χ4n) is 4.81. The Balaban J connectivity index is 0.00000101. The molecule has 3 nitrogen and oxygen atoms in total. The van der Waals surface area contributed by atoms with E-state index in [0.29, 0.717) is 4.90 Å². The highest BCUT2D eigenvalue weighted by atomic mass is 32.1. The second-order valence-electron chi connectivity index (χ2n) is 10.9. The van der Waals surface area contributed by atoms with Gasteiger partial charge in [0, 0.05) is 4.90 Å². The van der Waals surface area contributed by atoms with Crippen molar-refractivity contribution >= 4 is 18.6 Å². The zero-order valence-electron chi connectivity index (χ0n) is 24.4. The number of nitrogens with zero attached hydrogens (tertiary/aromatic N) is 1. The van der Waals surface area contributed by atoms with Crippen molar-refractivity contribution in [2.45, 2.75) is 141 Å². The quantitative estimate of drug-likeness (QED) is 0.0902. The molecular formula is C32H60NO2S+. The molecule has 210 valence electrons. The summed E-state index contributed by atoms with van der Waals surface area (Å²) in [5, 5.41) is 8.52. The minimum atomic E-state index is -0.939. The number of thiol groups is 1. The summed E-state index contributed by atoms with van der Waals surface area (Å²) in [4.78, 5) is 10.9. The van der Waals surface area contributed by atoms with Crippen LogP contribution in [-0.2, 0) is 0 Å². The van der Waals surface area contributed by atoms with Crippen LogP contribution in [0.25, 0.3) is 0 Å². The van der Waals surface area contributed by atoms with Crippen molar-refractivity contribution in [2.75, 3.05) is 26.7 Å². The van der Waals surface area contributed by atoms with E-state index in [2.05, 4.69) is 40.4 Å². The number of unbranched alkanes of at least 4 members (excludes halogenated alkanes) is 15. The van der Waals surface area contributed by atoms with Crippen LogP contribution < -0.4 is 0 Å². The van der Waals surface area contributed by atoms with E-state index in [9.17, 15) is 4.79 Å². The number of hydrogen-bond donors (Lipinski definition) is 2. The Bertz CT molecular complexity index is 594. The molecular weight excluding hydrogens is 462 g/mol. The summed E-state index contributed by atoms with van der Waals surface area (Å²) in [6, 6.07) is 6.58. The lowest BCUT2D eigenvalue weighted by molar-refractivity contribution is -0.910. The van der Waals surface area contributed by atoms with Gasteiger partial charge in [0.25, 0.3) is 0 Å². The Morgan fingerprint density at radius 3 is 1.28 bits per heavy atom. The van der Waals surface area contributed by atoms with Crippen molar-refractivity contribution in [3.8, 4) is 0 Å². The number of carboxylic acid groups (broad SMARTS) is 1. The summed E-state index contributed by atoms with van der Waals surface area (Å²) >= 11 is 3.96. The third kappa shape index (κ3) is 20.1. The summed E-state index contributed by atoms with van der Waals surface area (Å²) in [7, 11) is 2.56. The van der Waals surface area contributed by atoms with Gasteiger partial charge in [-0.1, -0.05) is 110 Å². The van der Waals surface area contributed by atoms with Gasteiger partial charge in [-0.15, -0.1) is 12.6 Å². The molecule has 0 amide bonds. The lowest BCUT2D eigenvalue weighted by Crippen LogP contribution is -2.46. The standard InChI is InChI=1S/C25H54N.C7H6O2S/c1-5-8-11-14-17-20-23-26(4,24-21-18-15-12-9-6-2)25-22-19-16-13-10-7-3;8-7(9)5-3-1-2-4-6(5)10/h5-25H2,1-4H3;1-4,10H,(H,8,9)/q+1;. The fraction of sp³-hybridized carbons (Fsp3) is 0.781. The molecule has 0 saturated heterocycles. The van der Waals surface area contributed by atoms with Gasteiger partial charge >= 0.3 is 5.97 Å². The maximum atomic E-state index is 10.4. The maximum absolute atomic E-state index is 10.4. The first-order valence-corrected chi connectivity index (χ1v) is 15.7. The largest absolute Gasteiger partial charge is 0.478 e. The number of carboxylic acids is 1. The molecule has 0 atom stereocenters. The van der Waals surface area contributed by atoms with E-state index in [1.54, 1.807) is 18.2 Å². The second kappa shape index (κ2) is 24.3. The zero-order valence-corrected chi connectivity index (χ0v) is 25.3. The molecule has 0 bridgehead atoms.